The van der Waals surface area contributed by atoms with Gasteiger partial charge in [-0.05, 0) is 45.0 Å². The first kappa shape index (κ1) is 15.4. The number of benzene rings is 1. The molecule has 0 aliphatic carbocycles. The van der Waals surface area contributed by atoms with Crippen LogP contribution in [0.3, 0.4) is 0 Å². The van der Waals surface area contributed by atoms with Crippen LogP contribution < -0.4 is 10.6 Å². The summed E-state index contributed by atoms with van der Waals surface area (Å²) in [4.78, 5) is 20.2. The number of anilines is 2. The Kier molecular flexibility index (Phi) is 4.37. The first-order valence-electron chi connectivity index (χ1n) is 6.79. The molecule has 0 radical (unpaired) electrons. The Hall–Kier alpha value is -2.94. The normalized spacial score (nSPS) is 10.6. The molecule has 6 heteroatoms. The third-order valence-electron chi connectivity index (χ3n) is 2.66. The summed E-state index contributed by atoms with van der Waals surface area (Å²) >= 11 is 0. The van der Waals surface area contributed by atoms with E-state index in [0.717, 1.165) is 5.69 Å². The number of hydrogen-bond acceptors (Lipinski definition) is 5. The Labute approximate surface area is 129 Å². The minimum Gasteiger partial charge on any atom is -0.346 e. The third-order valence-corrected chi connectivity index (χ3v) is 2.66. The number of hydrogen-bond donors (Lipinski definition) is 2. The number of amides is 1. The van der Waals surface area contributed by atoms with Gasteiger partial charge in [-0.2, -0.15) is 5.26 Å². The van der Waals surface area contributed by atoms with E-state index in [1.165, 1.54) is 12.4 Å². The van der Waals surface area contributed by atoms with Crippen LogP contribution in [0.1, 0.15) is 36.8 Å². The molecular weight excluding hydrogens is 278 g/mol. The molecule has 0 fully saturated rings. The highest BCUT2D eigenvalue weighted by atomic mass is 16.2. The fourth-order valence-electron chi connectivity index (χ4n) is 1.69. The predicted molar refractivity (Wildman–Crippen MR) is 83.7 cm³/mol. The van der Waals surface area contributed by atoms with Gasteiger partial charge in [0.15, 0.2) is 0 Å². The molecule has 1 aromatic carbocycles. The molecule has 0 aliphatic rings. The lowest BCUT2D eigenvalue weighted by molar-refractivity contribution is 0.0914. The molecule has 0 aliphatic heterocycles. The highest BCUT2D eigenvalue weighted by Gasteiger charge is 2.16. The topological polar surface area (TPSA) is 90.7 Å². The van der Waals surface area contributed by atoms with Gasteiger partial charge in [-0.1, -0.05) is 0 Å². The van der Waals surface area contributed by atoms with Crippen molar-refractivity contribution in [2.75, 3.05) is 5.32 Å². The van der Waals surface area contributed by atoms with E-state index in [9.17, 15) is 4.79 Å². The van der Waals surface area contributed by atoms with Crippen molar-refractivity contribution in [3.63, 3.8) is 0 Å². The van der Waals surface area contributed by atoms with Gasteiger partial charge in [0.05, 0.1) is 24.0 Å². The van der Waals surface area contributed by atoms with E-state index in [2.05, 4.69) is 26.7 Å². The molecular formula is C16H17N5O. The van der Waals surface area contributed by atoms with Crippen LogP contribution in [-0.2, 0) is 0 Å². The lowest BCUT2D eigenvalue weighted by atomic mass is 10.1. The van der Waals surface area contributed by atoms with Crippen molar-refractivity contribution >= 4 is 17.4 Å². The van der Waals surface area contributed by atoms with Gasteiger partial charge in [-0.15, -0.1) is 0 Å². The summed E-state index contributed by atoms with van der Waals surface area (Å²) in [6.45, 7) is 5.71. The first-order valence-corrected chi connectivity index (χ1v) is 6.79. The molecule has 0 saturated heterocycles. The van der Waals surface area contributed by atoms with Crippen LogP contribution in [0.25, 0.3) is 0 Å². The number of carbonyl (C=O) groups is 1. The summed E-state index contributed by atoms with van der Waals surface area (Å²) in [5.74, 6) is 0.266. The monoisotopic (exact) mass is 295 g/mol. The number of nitriles is 1. The molecule has 0 atom stereocenters. The van der Waals surface area contributed by atoms with Crippen LogP contribution in [0.2, 0.25) is 0 Å². The van der Waals surface area contributed by atoms with E-state index in [0.29, 0.717) is 11.4 Å². The van der Waals surface area contributed by atoms with Gasteiger partial charge in [0.2, 0.25) is 0 Å². The van der Waals surface area contributed by atoms with Crippen LogP contribution in [0.15, 0.2) is 36.7 Å². The summed E-state index contributed by atoms with van der Waals surface area (Å²) in [5, 5.41) is 14.6. The van der Waals surface area contributed by atoms with Crippen LogP contribution in [0.4, 0.5) is 11.5 Å². The second-order valence-electron chi connectivity index (χ2n) is 5.81. The van der Waals surface area contributed by atoms with Gasteiger partial charge in [-0.3, -0.25) is 4.79 Å². The first-order chi connectivity index (χ1) is 10.4. The van der Waals surface area contributed by atoms with Crippen molar-refractivity contribution in [3.8, 4) is 6.07 Å². The van der Waals surface area contributed by atoms with Crippen LogP contribution in [0, 0.1) is 11.3 Å². The van der Waals surface area contributed by atoms with Gasteiger partial charge < -0.3 is 10.6 Å². The van der Waals surface area contributed by atoms with Crippen molar-refractivity contribution in [3.05, 3.63) is 47.9 Å². The minimum absolute atomic E-state index is 0.259. The lowest BCUT2D eigenvalue weighted by Crippen LogP contribution is -2.40. The Morgan fingerprint density at radius 1 is 1.14 bits per heavy atom. The Bertz CT molecular complexity index is 693. The second-order valence-corrected chi connectivity index (χ2v) is 5.81. The maximum atomic E-state index is 11.9. The zero-order valence-corrected chi connectivity index (χ0v) is 12.7. The molecule has 0 bridgehead atoms. The van der Waals surface area contributed by atoms with E-state index in [1.54, 1.807) is 24.3 Å². The lowest BCUT2D eigenvalue weighted by Gasteiger charge is -2.19. The van der Waals surface area contributed by atoms with Crippen molar-refractivity contribution in [2.24, 2.45) is 0 Å². The van der Waals surface area contributed by atoms with E-state index in [4.69, 9.17) is 5.26 Å². The van der Waals surface area contributed by atoms with Crippen molar-refractivity contribution in [1.82, 2.24) is 15.3 Å². The number of rotatable bonds is 3. The summed E-state index contributed by atoms with van der Waals surface area (Å²) < 4.78 is 0. The standard InChI is InChI=1S/C16H17N5O/c1-16(2,3)21-15(22)13-9-19-14(10-18-13)20-12-6-4-11(8-17)5-7-12/h4-7,9-10H,1-3H3,(H,19,20)(H,21,22). The molecule has 1 aromatic heterocycles. The zero-order valence-electron chi connectivity index (χ0n) is 12.7. The Morgan fingerprint density at radius 2 is 1.82 bits per heavy atom. The Balaban J connectivity index is 2.05. The van der Waals surface area contributed by atoms with E-state index < -0.39 is 0 Å². The highest BCUT2D eigenvalue weighted by molar-refractivity contribution is 5.92. The van der Waals surface area contributed by atoms with Crippen LogP contribution in [0.5, 0.6) is 0 Å². The summed E-state index contributed by atoms with van der Waals surface area (Å²) in [6, 6.07) is 9.03. The average molecular weight is 295 g/mol. The Morgan fingerprint density at radius 3 is 2.32 bits per heavy atom. The van der Waals surface area contributed by atoms with E-state index >= 15 is 0 Å². The zero-order chi connectivity index (χ0) is 16.2. The fourth-order valence-corrected chi connectivity index (χ4v) is 1.69. The number of aromatic nitrogens is 2. The van der Waals surface area contributed by atoms with Gasteiger partial charge in [-0.25, -0.2) is 9.97 Å². The molecule has 112 valence electrons. The molecule has 2 aromatic rings. The summed E-state index contributed by atoms with van der Waals surface area (Å²) in [5.41, 5.74) is 1.32. The second kappa shape index (κ2) is 6.22. The number of nitrogens with one attached hydrogen (secondary N) is 2. The quantitative estimate of drug-likeness (QED) is 0.908. The maximum absolute atomic E-state index is 11.9. The molecule has 6 nitrogen and oxygen atoms in total. The summed E-state index contributed by atoms with van der Waals surface area (Å²) in [7, 11) is 0. The SMILES string of the molecule is CC(C)(C)NC(=O)c1cnc(Nc2ccc(C#N)cc2)cn1. The van der Waals surface area contributed by atoms with Crippen LogP contribution >= 0.6 is 0 Å². The fraction of sp³-hybridized carbons (Fsp3) is 0.250. The largest absolute Gasteiger partial charge is 0.346 e. The van der Waals surface area contributed by atoms with Gasteiger partial charge in [0.25, 0.3) is 5.91 Å². The molecule has 22 heavy (non-hydrogen) atoms. The van der Waals surface area contributed by atoms with E-state index in [-0.39, 0.29) is 17.1 Å². The molecule has 0 unspecified atom stereocenters. The van der Waals surface area contributed by atoms with Gasteiger partial charge in [0.1, 0.15) is 11.5 Å². The minimum atomic E-state index is -0.321. The highest BCUT2D eigenvalue weighted by Crippen LogP contribution is 2.14. The average Bonchev–Trinajstić information content (AvgIpc) is 2.47. The van der Waals surface area contributed by atoms with Gasteiger partial charge in [0, 0.05) is 11.2 Å². The predicted octanol–water partition coefficient (Wildman–Crippen LogP) is 2.62. The van der Waals surface area contributed by atoms with Gasteiger partial charge >= 0.3 is 0 Å². The molecule has 0 saturated carbocycles. The maximum Gasteiger partial charge on any atom is 0.271 e. The third kappa shape index (κ3) is 4.28. The van der Waals surface area contributed by atoms with Crippen molar-refractivity contribution in [1.29, 1.82) is 5.26 Å². The summed E-state index contributed by atoms with van der Waals surface area (Å²) in [6.07, 6.45) is 2.92. The molecule has 2 N–H and O–H groups in total. The van der Waals surface area contributed by atoms with Crippen molar-refractivity contribution < 1.29 is 4.79 Å². The molecule has 1 amide bonds. The number of nitrogens with zero attached hydrogens (tertiary/aromatic N) is 3. The molecule has 2 rings (SSSR count). The van der Waals surface area contributed by atoms with Crippen LogP contribution in [-0.4, -0.2) is 21.4 Å². The van der Waals surface area contributed by atoms with E-state index in [1.807, 2.05) is 20.8 Å². The molecule has 0 spiro atoms. The smallest absolute Gasteiger partial charge is 0.271 e. The van der Waals surface area contributed by atoms with Crippen molar-refractivity contribution in [2.45, 2.75) is 26.3 Å². The number of carbonyl (C=O) groups excluding carboxylic acids is 1. The molecule has 1 heterocycles.